The number of hydrogen-bond donors (Lipinski definition) is 1. The molecule has 2 heteroatoms. The maximum absolute atomic E-state index is 4.47. The standard InChI is InChI=1S/C13H16N2/c1-10-13(15-11(2)14-10)9-8-12-6-4-3-5-7-12/h3-7H,8-9H2,1-2H3,(H,14,15). The first-order chi connectivity index (χ1) is 7.25. The number of nitrogens with one attached hydrogen (secondary N) is 1. The van der Waals surface area contributed by atoms with E-state index in [-0.39, 0.29) is 0 Å². The summed E-state index contributed by atoms with van der Waals surface area (Å²) in [4.78, 5) is 7.70. The Hall–Kier alpha value is -1.57. The highest BCUT2D eigenvalue weighted by Crippen LogP contribution is 2.09. The Morgan fingerprint density at radius 3 is 2.40 bits per heavy atom. The van der Waals surface area contributed by atoms with E-state index in [2.05, 4.69) is 41.2 Å². The van der Waals surface area contributed by atoms with Crippen molar-refractivity contribution in [2.24, 2.45) is 0 Å². The van der Waals surface area contributed by atoms with Crippen molar-refractivity contribution in [2.45, 2.75) is 26.7 Å². The van der Waals surface area contributed by atoms with Crippen LogP contribution in [-0.2, 0) is 12.8 Å². The molecule has 0 amide bonds. The van der Waals surface area contributed by atoms with Gasteiger partial charge in [-0.2, -0.15) is 0 Å². The summed E-state index contributed by atoms with van der Waals surface area (Å²) in [5.41, 5.74) is 3.76. The number of aromatic amines is 1. The van der Waals surface area contributed by atoms with Crippen LogP contribution in [0.1, 0.15) is 22.8 Å². The van der Waals surface area contributed by atoms with Crippen LogP contribution in [-0.4, -0.2) is 9.97 Å². The molecule has 2 aromatic rings. The zero-order valence-electron chi connectivity index (χ0n) is 9.25. The van der Waals surface area contributed by atoms with Gasteiger partial charge in [0.25, 0.3) is 0 Å². The molecule has 1 N–H and O–H groups in total. The number of imidazole rings is 1. The molecule has 0 radical (unpaired) electrons. The lowest BCUT2D eigenvalue weighted by Crippen LogP contribution is -1.93. The van der Waals surface area contributed by atoms with Crippen LogP contribution in [0.15, 0.2) is 30.3 Å². The third-order valence-electron chi connectivity index (χ3n) is 2.60. The lowest BCUT2D eigenvalue weighted by Gasteiger charge is -1.99. The molecule has 0 aliphatic rings. The molecule has 0 aliphatic carbocycles. The van der Waals surface area contributed by atoms with E-state index in [1.807, 2.05) is 13.0 Å². The summed E-state index contributed by atoms with van der Waals surface area (Å²) in [6, 6.07) is 10.5. The van der Waals surface area contributed by atoms with Gasteiger partial charge in [-0.15, -0.1) is 0 Å². The first-order valence-corrected chi connectivity index (χ1v) is 5.32. The minimum Gasteiger partial charge on any atom is -0.346 e. The third-order valence-corrected chi connectivity index (χ3v) is 2.60. The zero-order chi connectivity index (χ0) is 10.7. The fraction of sp³-hybridized carbons (Fsp3) is 0.308. The average Bonchev–Trinajstić information content (AvgIpc) is 2.56. The van der Waals surface area contributed by atoms with Crippen LogP contribution in [0.25, 0.3) is 0 Å². The summed E-state index contributed by atoms with van der Waals surface area (Å²) < 4.78 is 0. The summed E-state index contributed by atoms with van der Waals surface area (Å²) in [6.45, 7) is 4.08. The maximum atomic E-state index is 4.47. The van der Waals surface area contributed by atoms with Crippen LogP contribution in [0, 0.1) is 13.8 Å². The van der Waals surface area contributed by atoms with Gasteiger partial charge in [0.15, 0.2) is 0 Å². The summed E-state index contributed by atoms with van der Waals surface area (Å²) in [6.07, 6.45) is 2.08. The molecule has 2 nitrogen and oxygen atoms in total. The predicted octanol–water partition coefficient (Wildman–Crippen LogP) is 2.81. The Balaban J connectivity index is 2.02. The van der Waals surface area contributed by atoms with Crippen LogP contribution in [0.3, 0.4) is 0 Å². The smallest absolute Gasteiger partial charge is 0.103 e. The lowest BCUT2D eigenvalue weighted by molar-refractivity contribution is 0.910. The zero-order valence-corrected chi connectivity index (χ0v) is 9.25. The monoisotopic (exact) mass is 200 g/mol. The van der Waals surface area contributed by atoms with Crippen molar-refractivity contribution >= 4 is 0 Å². The second-order valence-corrected chi connectivity index (χ2v) is 3.88. The van der Waals surface area contributed by atoms with E-state index in [1.165, 1.54) is 17.0 Å². The van der Waals surface area contributed by atoms with Gasteiger partial charge in [0.1, 0.15) is 5.82 Å². The minimum atomic E-state index is 1.01. The molecule has 0 saturated heterocycles. The second kappa shape index (κ2) is 4.30. The number of aryl methyl sites for hydroxylation is 4. The first-order valence-electron chi connectivity index (χ1n) is 5.32. The molecule has 1 heterocycles. The first kappa shape index (κ1) is 9.97. The molecule has 15 heavy (non-hydrogen) atoms. The summed E-state index contributed by atoms with van der Waals surface area (Å²) in [5.74, 6) is 1.01. The Kier molecular flexibility index (Phi) is 2.86. The molecule has 0 atom stereocenters. The van der Waals surface area contributed by atoms with Crippen LogP contribution in [0.4, 0.5) is 0 Å². The second-order valence-electron chi connectivity index (χ2n) is 3.88. The molecule has 0 fully saturated rings. The van der Waals surface area contributed by atoms with Crippen molar-refractivity contribution in [1.29, 1.82) is 0 Å². The van der Waals surface area contributed by atoms with Crippen LogP contribution >= 0.6 is 0 Å². The molecule has 0 saturated carbocycles. The fourth-order valence-corrected chi connectivity index (χ4v) is 1.81. The molecule has 1 aromatic heterocycles. The molecule has 0 spiro atoms. The average molecular weight is 200 g/mol. The SMILES string of the molecule is Cc1nc(CCc2ccccc2)c(C)[nH]1. The Bertz CT molecular complexity index is 429. The van der Waals surface area contributed by atoms with Crippen molar-refractivity contribution in [3.8, 4) is 0 Å². The van der Waals surface area contributed by atoms with Gasteiger partial charge in [-0.25, -0.2) is 4.98 Å². The van der Waals surface area contributed by atoms with Crippen LogP contribution < -0.4 is 0 Å². The number of H-pyrrole nitrogens is 1. The van der Waals surface area contributed by atoms with Crippen molar-refractivity contribution in [2.75, 3.05) is 0 Å². The predicted molar refractivity (Wildman–Crippen MR) is 61.9 cm³/mol. The number of aromatic nitrogens is 2. The highest BCUT2D eigenvalue weighted by Gasteiger charge is 2.03. The van der Waals surface area contributed by atoms with Crippen molar-refractivity contribution in [3.05, 3.63) is 53.1 Å². The third kappa shape index (κ3) is 2.46. The summed E-state index contributed by atoms with van der Waals surface area (Å²) in [5, 5.41) is 0. The fourth-order valence-electron chi connectivity index (χ4n) is 1.81. The molecule has 0 bridgehead atoms. The molecule has 0 aliphatic heterocycles. The molecular weight excluding hydrogens is 184 g/mol. The van der Waals surface area contributed by atoms with Gasteiger partial charge in [-0.3, -0.25) is 0 Å². The molecule has 78 valence electrons. The molecule has 2 rings (SSSR count). The topological polar surface area (TPSA) is 28.7 Å². The van der Waals surface area contributed by atoms with E-state index in [0.29, 0.717) is 0 Å². The summed E-state index contributed by atoms with van der Waals surface area (Å²) >= 11 is 0. The van der Waals surface area contributed by atoms with Crippen LogP contribution in [0.2, 0.25) is 0 Å². The van der Waals surface area contributed by atoms with E-state index in [9.17, 15) is 0 Å². The van der Waals surface area contributed by atoms with Crippen molar-refractivity contribution in [1.82, 2.24) is 9.97 Å². The van der Waals surface area contributed by atoms with Gasteiger partial charge in [0.2, 0.25) is 0 Å². The van der Waals surface area contributed by atoms with E-state index < -0.39 is 0 Å². The van der Waals surface area contributed by atoms with E-state index in [0.717, 1.165) is 18.7 Å². The molecule has 1 aromatic carbocycles. The van der Waals surface area contributed by atoms with Gasteiger partial charge >= 0.3 is 0 Å². The largest absolute Gasteiger partial charge is 0.346 e. The Labute approximate surface area is 90.4 Å². The Morgan fingerprint density at radius 1 is 1.07 bits per heavy atom. The minimum absolute atomic E-state index is 1.01. The van der Waals surface area contributed by atoms with Gasteiger partial charge < -0.3 is 4.98 Å². The maximum Gasteiger partial charge on any atom is 0.103 e. The van der Waals surface area contributed by atoms with E-state index in [4.69, 9.17) is 0 Å². The highest BCUT2D eigenvalue weighted by atomic mass is 14.9. The van der Waals surface area contributed by atoms with Crippen molar-refractivity contribution in [3.63, 3.8) is 0 Å². The number of hydrogen-bond acceptors (Lipinski definition) is 1. The number of rotatable bonds is 3. The Morgan fingerprint density at radius 2 is 1.80 bits per heavy atom. The number of nitrogens with zero attached hydrogens (tertiary/aromatic N) is 1. The van der Waals surface area contributed by atoms with E-state index in [1.54, 1.807) is 0 Å². The van der Waals surface area contributed by atoms with Gasteiger partial charge in [-0.1, -0.05) is 30.3 Å². The lowest BCUT2D eigenvalue weighted by atomic mass is 10.1. The normalized spacial score (nSPS) is 10.5. The van der Waals surface area contributed by atoms with Gasteiger partial charge in [-0.05, 0) is 32.3 Å². The summed E-state index contributed by atoms with van der Waals surface area (Å²) in [7, 11) is 0. The van der Waals surface area contributed by atoms with Crippen LogP contribution in [0.5, 0.6) is 0 Å². The van der Waals surface area contributed by atoms with Gasteiger partial charge in [0, 0.05) is 5.69 Å². The molecule has 0 unspecified atom stereocenters. The van der Waals surface area contributed by atoms with Gasteiger partial charge in [0.05, 0.1) is 5.69 Å². The number of benzene rings is 1. The van der Waals surface area contributed by atoms with E-state index >= 15 is 0 Å². The molecular formula is C13H16N2. The quantitative estimate of drug-likeness (QED) is 0.811. The van der Waals surface area contributed by atoms with Crippen molar-refractivity contribution < 1.29 is 0 Å². The highest BCUT2D eigenvalue weighted by molar-refractivity contribution is 5.18.